The number of nitrogens with zero attached hydrogens (tertiary/aromatic N) is 2. The summed E-state index contributed by atoms with van der Waals surface area (Å²) in [5.41, 5.74) is 0.569. The minimum Gasteiger partial charge on any atom is -0.481 e. The number of aliphatic carboxylic acids is 1. The molecule has 2 aromatic rings. The van der Waals surface area contributed by atoms with E-state index in [-0.39, 0.29) is 24.4 Å². The highest BCUT2D eigenvalue weighted by Crippen LogP contribution is 2.37. The normalized spacial score (nSPS) is 20.2. The Bertz CT molecular complexity index is 1160. The van der Waals surface area contributed by atoms with Crippen LogP contribution in [0.3, 0.4) is 0 Å². The summed E-state index contributed by atoms with van der Waals surface area (Å²) in [6, 6.07) is 7.01. The molecule has 2 unspecified atom stereocenters. The Morgan fingerprint density at radius 3 is 2.24 bits per heavy atom. The van der Waals surface area contributed by atoms with E-state index in [2.05, 4.69) is 0 Å². The van der Waals surface area contributed by atoms with Crippen molar-refractivity contribution in [1.82, 2.24) is 4.31 Å². The van der Waals surface area contributed by atoms with Gasteiger partial charge in [-0.3, -0.25) is 4.79 Å². The van der Waals surface area contributed by atoms with Gasteiger partial charge >= 0.3 is 12.1 Å². The van der Waals surface area contributed by atoms with Crippen LogP contribution in [0, 0.1) is 6.92 Å². The van der Waals surface area contributed by atoms with E-state index in [4.69, 9.17) is 16.7 Å². The molecule has 0 aliphatic carbocycles. The Hall–Kier alpha value is -2.30. The minimum absolute atomic E-state index is 0.0171. The molecule has 0 spiro atoms. The molecule has 1 heterocycles. The van der Waals surface area contributed by atoms with Crippen LogP contribution in [0.5, 0.6) is 0 Å². The summed E-state index contributed by atoms with van der Waals surface area (Å²) in [7, 11) is -3.94. The van der Waals surface area contributed by atoms with Crippen LogP contribution in [0.4, 0.5) is 18.9 Å². The van der Waals surface area contributed by atoms with E-state index in [0.717, 1.165) is 6.07 Å². The zero-order valence-corrected chi connectivity index (χ0v) is 19.8. The van der Waals surface area contributed by atoms with Crippen molar-refractivity contribution in [1.29, 1.82) is 0 Å². The lowest BCUT2D eigenvalue weighted by molar-refractivity contribution is -0.138. The molecular weight excluding hydrogens is 481 g/mol. The van der Waals surface area contributed by atoms with Crippen LogP contribution in [-0.4, -0.2) is 49.0 Å². The first-order valence-electron chi connectivity index (χ1n) is 10.2. The molecule has 0 amide bonds. The van der Waals surface area contributed by atoms with E-state index >= 15 is 0 Å². The smallest absolute Gasteiger partial charge is 0.417 e. The summed E-state index contributed by atoms with van der Waals surface area (Å²) >= 11 is 5.86. The molecule has 33 heavy (non-hydrogen) atoms. The number of piperazine rings is 1. The zero-order valence-electron chi connectivity index (χ0n) is 18.2. The van der Waals surface area contributed by atoms with Crippen molar-refractivity contribution >= 4 is 33.3 Å². The van der Waals surface area contributed by atoms with Crippen LogP contribution >= 0.6 is 11.6 Å². The van der Waals surface area contributed by atoms with E-state index < -0.39 is 44.8 Å². The fourth-order valence-electron chi connectivity index (χ4n) is 4.29. The van der Waals surface area contributed by atoms with Crippen molar-refractivity contribution in [2.45, 2.75) is 50.3 Å². The number of halogens is 4. The fourth-order valence-corrected chi connectivity index (χ4v) is 6.54. The average molecular weight is 505 g/mol. The predicted molar refractivity (Wildman–Crippen MR) is 119 cm³/mol. The first-order chi connectivity index (χ1) is 15.2. The van der Waals surface area contributed by atoms with Crippen LogP contribution in [0.1, 0.15) is 30.5 Å². The maximum Gasteiger partial charge on any atom is 0.417 e. The van der Waals surface area contributed by atoms with Crippen LogP contribution in [-0.2, 0) is 27.4 Å². The van der Waals surface area contributed by atoms with Gasteiger partial charge in [0, 0.05) is 30.9 Å². The van der Waals surface area contributed by atoms with Gasteiger partial charge in [0.1, 0.15) is 0 Å². The fraction of sp³-hybridized carbons (Fsp3) is 0.409. The maximum atomic E-state index is 13.5. The first-order valence-corrected chi connectivity index (χ1v) is 12.0. The van der Waals surface area contributed by atoms with Gasteiger partial charge in [-0.2, -0.15) is 17.5 Å². The molecule has 1 aliphatic heterocycles. The Kier molecular flexibility index (Phi) is 7.02. The van der Waals surface area contributed by atoms with Gasteiger partial charge in [-0.1, -0.05) is 17.7 Å². The second kappa shape index (κ2) is 9.15. The number of hydrogen-bond acceptors (Lipinski definition) is 4. The number of carboxylic acid groups (broad SMARTS) is 1. The van der Waals surface area contributed by atoms with Crippen LogP contribution in [0.25, 0.3) is 0 Å². The number of hydrogen-bond donors (Lipinski definition) is 1. The van der Waals surface area contributed by atoms with E-state index in [1.54, 1.807) is 31.7 Å². The zero-order chi connectivity index (χ0) is 24.7. The van der Waals surface area contributed by atoms with Gasteiger partial charge in [0.15, 0.2) is 0 Å². The van der Waals surface area contributed by atoms with Gasteiger partial charge in [-0.25, -0.2) is 8.42 Å². The standard InChI is InChI=1S/C22H24ClF3N2O4S/c1-13-6-16(9-21(29)30)8-18(7-13)33(31,32)28-14(2)11-27(12-15(28)3)17-4-5-19(20(23)10-17)22(24,25)26/h4-8,10,14-15H,9,11-12H2,1-3H3,(H,29,30). The summed E-state index contributed by atoms with van der Waals surface area (Å²) in [4.78, 5) is 12.9. The topological polar surface area (TPSA) is 77.9 Å². The lowest BCUT2D eigenvalue weighted by Gasteiger charge is -2.44. The monoisotopic (exact) mass is 504 g/mol. The quantitative estimate of drug-likeness (QED) is 0.645. The SMILES string of the molecule is Cc1cc(CC(=O)O)cc(S(=O)(=O)N2C(C)CN(c3ccc(C(F)(F)F)c(Cl)c3)CC2C)c1. The lowest BCUT2D eigenvalue weighted by atomic mass is 10.1. The molecule has 1 aliphatic rings. The van der Waals surface area contributed by atoms with Crippen LogP contribution < -0.4 is 4.90 Å². The van der Waals surface area contributed by atoms with Crippen LogP contribution in [0.15, 0.2) is 41.3 Å². The van der Waals surface area contributed by atoms with Gasteiger partial charge in [-0.15, -0.1) is 0 Å². The van der Waals surface area contributed by atoms with Gasteiger partial charge in [0.25, 0.3) is 0 Å². The average Bonchev–Trinajstić information content (AvgIpc) is 2.65. The number of benzene rings is 2. The van der Waals surface area contributed by atoms with E-state index in [9.17, 15) is 26.4 Å². The molecule has 1 saturated heterocycles. The van der Waals surface area contributed by atoms with Gasteiger partial charge in [0.2, 0.25) is 10.0 Å². The predicted octanol–water partition coefficient (Wildman–Crippen LogP) is 4.58. The Morgan fingerprint density at radius 1 is 1.12 bits per heavy atom. The maximum absolute atomic E-state index is 13.5. The Balaban J connectivity index is 1.88. The lowest BCUT2D eigenvalue weighted by Crippen LogP contribution is -2.58. The molecule has 2 aromatic carbocycles. The number of sulfonamides is 1. The third kappa shape index (κ3) is 5.44. The molecule has 1 N–H and O–H groups in total. The van der Waals surface area contributed by atoms with Crippen molar-refractivity contribution in [3.63, 3.8) is 0 Å². The molecule has 11 heteroatoms. The second-order valence-electron chi connectivity index (χ2n) is 8.32. The summed E-state index contributed by atoms with van der Waals surface area (Å²) in [5, 5.41) is 8.65. The third-order valence-corrected chi connectivity index (χ3v) is 7.92. The van der Waals surface area contributed by atoms with Crippen molar-refractivity contribution in [2.24, 2.45) is 0 Å². The Labute approximate surface area is 195 Å². The molecule has 0 radical (unpaired) electrons. The molecule has 1 fully saturated rings. The van der Waals surface area contributed by atoms with E-state index in [0.29, 0.717) is 16.8 Å². The molecule has 0 aromatic heterocycles. The number of alkyl halides is 3. The van der Waals surface area contributed by atoms with Gasteiger partial charge < -0.3 is 10.0 Å². The molecule has 180 valence electrons. The number of anilines is 1. The highest BCUT2D eigenvalue weighted by molar-refractivity contribution is 7.89. The minimum atomic E-state index is -4.56. The Morgan fingerprint density at radius 2 is 1.73 bits per heavy atom. The molecule has 2 atom stereocenters. The highest BCUT2D eigenvalue weighted by atomic mass is 35.5. The summed E-state index contributed by atoms with van der Waals surface area (Å²) in [5.74, 6) is -1.06. The first kappa shape index (κ1) is 25.3. The van der Waals surface area contributed by atoms with Crippen LogP contribution in [0.2, 0.25) is 5.02 Å². The van der Waals surface area contributed by atoms with Gasteiger partial charge in [-0.05, 0) is 62.2 Å². The van der Waals surface area contributed by atoms with Gasteiger partial charge in [0.05, 0.1) is 21.9 Å². The second-order valence-corrected chi connectivity index (χ2v) is 10.6. The molecule has 3 rings (SSSR count). The number of rotatable bonds is 5. The van der Waals surface area contributed by atoms with Crippen molar-refractivity contribution in [3.8, 4) is 0 Å². The highest BCUT2D eigenvalue weighted by Gasteiger charge is 2.39. The molecule has 6 nitrogen and oxygen atoms in total. The van der Waals surface area contributed by atoms with Crippen molar-refractivity contribution in [3.05, 3.63) is 58.1 Å². The molecule has 0 bridgehead atoms. The largest absolute Gasteiger partial charge is 0.481 e. The summed E-state index contributed by atoms with van der Waals surface area (Å²) < 4.78 is 67.3. The number of carbonyl (C=O) groups is 1. The number of carboxylic acids is 1. The van der Waals surface area contributed by atoms with Crippen molar-refractivity contribution in [2.75, 3.05) is 18.0 Å². The molecule has 0 saturated carbocycles. The third-order valence-electron chi connectivity index (χ3n) is 5.50. The summed E-state index contributed by atoms with van der Waals surface area (Å²) in [6.07, 6.45) is -4.85. The van der Waals surface area contributed by atoms with E-state index in [1.165, 1.54) is 28.6 Å². The summed E-state index contributed by atoms with van der Waals surface area (Å²) in [6.45, 7) is 5.64. The van der Waals surface area contributed by atoms with E-state index in [1.807, 2.05) is 0 Å². The molecular formula is C22H24ClF3N2O4S. The number of aryl methyl sites for hydroxylation is 1. The van der Waals surface area contributed by atoms with Crippen molar-refractivity contribution < 1.29 is 31.5 Å².